The van der Waals surface area contributed by atoms with E-state index in [1.807, 2.05) is 0 Å². The van der Waals surface area contributed by atoms with E-state index < -0.39 is 24.9 Å². The van der Waals surface area contributed by atoms with Crippen LogP contribution >= 0.6 is 0 Å². The smallest absolute Gasteiger partial charge is 0.534 e. The minimum Gasteiger partial charge on any atom is -0.534 e. The van der Waals surface area contributed by atoms with E-state index in [9.17, 15) is 24.5 Å². The topological polar surface area (TPSA) is 182 Å². The van der Waals surface area contributed by atoms with Gasteiger partial charge in [-0.15, -0.1) is 5.10 Å². The molecule has 2 heterocycles. The molecule has 1 aliphatic rings. The fraction of sp³-hybridized carbons (Fsp3) is 0.312. The van der Waals surface area contributed by atoms with Gasteiger partial charge in [-0.05, 0) is 18.1 Å². The van der Waals surface area contributed by atoms with Crippen molar-refractivity contribution in [2.45, 2.75) is 25.5 Å². The van der Waals surface area contributed by atoms with Crippen LogP contribution < -0.4 is 21.0 Å². The maximum Gasteiger partial charge on any atom is 0.547 e. The third-order valence-corrected chi connectivity index (χ3v) is 4.24. The van der Waals surface area contributed by atoms with E-state index in [1.165, 1.54) is 16.9 Å². The second kappa shape index (κ2) is 8.71. The van der Waals surface area contributed by atoms with E-state index >= 15 is 0 Å². The number of aromatic nitrogens is 3. The molecule has 29 heavy (non-hydrogen) atoms. The maximum atomic E-state index is 12.3. The summed E-state index contributed by atoms with van der Waals surface area (Å²) in [6.45, 7) is -0.169. The maximum absolute atomic E-state index is 12.3. The molecule has 0 fully saturated rings. The van der Waals surface area contributed by atoms with Crippen molar-refractivity contribution >= 4 is 24.9 Å². The summed E-state index contributed by atoms with van der Waals surface area (Å²) in [5, 5.41) is 32.2. The minimum absolute atomic E-state index is 0.0526. The van der Waals surface area contributed by atoms with E-state index in [0.717, 1.165) is 0 Å². The Labute approximate surface area is 165 Å². The number of fused-ring (bicyclic) bond motifs is 1. The zero-order chi connectivity index (χ0) is 21.0. The molecule has 2 aromatic rings. The van der Waals surface area contributed by atoms with Crippen LogP contribution in [-0.2, 0) is 29.1 Å². The van der Waals surface area contributed by atoms with E-state index in [2.05, 4.69) is 20.9 Å². The fourth-order valence-corrected chi connectivity index (χ4v) is 2.87. The number of hydrogen-bond donors (Lipinski definition) is 5. The number of carbonyl (C=O) groups is 3. The Bertz CT molecular complexity index is 934. The van der Waals surface area contributed by atoms with Gasteiger partial charge >= 0.3 is 13.1 Å². The van der Waals surface area contributed by atoms with Crippen LogP contribution in [0.2, 0.25) is 0 Å². The Hall–Kier alpha value is -3.45. The minimum atomic E-state index is -1.40. The van der Waals surface area contributed by atoms with Crippen molar-refractivity contribution in [3.63, 3.8) is 0 Å². The van der Waals surface area contributed by atoms with Crippen molar-refractivity contribution in [3.8, 4) is 5.75 Å². The van der Waals surface area contributed by atoms with Crippen molar-refractivity contribution in [2.24, 2.45) is 5.73 Å². The van der Waals surface area contributed by atoms with Crippen LogP contribution in [0.15, 0.2) is 24.4 Å². The van der Waals surface area contributed by atoms with E-state index in [1.54, 1.807) is 12.1 Å². The summed E-state index contributed by atoms with van der Waals surface area (Å²) < 4.78 is 6.62. The van der Waals surface area contributed by atoms with Crippen LogP contribution in [0.3, 0.4) is 0 Å². The molecule has 0 bridgehead atoms. The highest BCUT2D eigenvalue weighted by molar-refractivity contribution is 6.47. The average Bonchev–Trinajstić information content (AvgIpc) is 3.13. The van der Waals surface area contributed by atoms with Gasteiger partial charge in [0.1, 0.15) is 18.0 Å². The lowest BCUT2D eigenvalue weighted by molar-refractivity contribution is -0.122. The molecule has 2 amide bonds. The quantitative estimate of drug-likeness (QED) is 0.318. The molecule has 0 spiro atoms. The van der Waals surface area contributed by atoms with Crippen LogP contribution in [0.5, 0.6) is 5.75 Å². The number of hydrogen-bond acceptors (Lipinski definition) is 8. The van der Waals surface area contributed by atoms with E-state index in [-0.39, 0.29) is 43.3 Å². The zero-order valence-corrected chi connectivity index (χ0v) is 15.2. The van der Waals surface area contributed by atoms with Crippen molar-refractivity contribution in [3.05, 3.63) is 41.2 Å². The predicted octanol–water partition coefficient (Wildman–Crippen LogP) is -2.31. The van der Waals surface area contributed by atoms with E-state index in [0.29, 0.717) is 11.3 Å². The Kier molecular flexibility index (Phi) is 6.09. The summed E-state index contributed by atoms with van der Waals surface area (Å²) in [6.07, 6.45) is 1.70. The number of rotatable bonds is 7. The van der Waals surface area contributed by atoms with Crippen molar-refractivity contribution < 1.29 is 29.2 Å². The lowest BCUT2D eigenvalue weighted by Crippen LogP contribution is -2.53. The van der Waals surface area contributed by atoms with Gasteiger partial charge in [-0.2, -0.15) is 0 Å². The number of aromatic carboxylic acids is 1. The second-order valence-corrected chi connectivity index (χ2v) is 6.37. The summed E-state index contributed by atoms with van der Waals surface area (Å²) in [5.74, 6) is -2.61. The molecule has 1 aromatic carbocycles. The van der Waals surface area contributed by atoms with Crippen LogP contribution in [0.4, 0.5) is 0 Å². The van der Waals surface area contributed by atoms with Gasteiger partial charge in [0.25, 0.3) is 0 Å². The molecule has 13 heteroatoms. The standard InChI is InChI=1S/C16H19BN6O6/c18-5-13(24)19-6-10-7-23(22-21-10)8-14(25)20-12-4-9-2-1-3-11(16(26)27)15(9)29-17(12)28/h1-3,7,12,28H,4-6,8,18H2,(H,19,24)(H,20,25)(H,26,27)/t12-/m0/s1. The first-order chi connectivity index (χ1) is 13.9. The van der Waals surface area contributed by atoms with Crippen molar-refractivity contribution in [1.29, 1.82) is 0 Å². The first kappa shape index (κ1) is 20.3. The number of carboxylic acid groups (broad SMARTS) is 1. The van der Waals surface area contributed by atoms with Gasteiger partial charge in [-0.3, -0.25) is 9.59 Å². The van der Waals surface area contributed by atoms with E-state index in [4.69, 9.17) is 10.4 Å². The molecule has 0 radical (unpaired) electrons. The van der Waals surface area contributed by atoms with Gasteiger partial charge in [0.05, 0.1) is 30.8 Å². The summed E-state index contributed by atoms with van der Waals surface area (Å²) in [4.78, 5) is 34.7. The molecule has 1 aliphatic heterocycles. The van der Waals surface area contributed by atoms with Crippen molar-refractivity contribution in [1.82, 2.24) is 25.6 Å². The van der Waals surface area contributed by atoms with Crippen LogP contribution in [0, 0.1) is 0 Å². The SMILES string of the molecule is NCC(=O)NCc1cn(CC(=O)N[C@H]2Cc3cccc(C(=O)O)c3OB2O)nn1. The molecule has 1 aromatic heterocycles. The molecular formula is C16H19BN6O6. The molecule has 3 rings (SSSR count). The number of carbonyl (C=O) groups excluding carboxylic acids is 2. The largest absolute Gasteiger partial charge is 0.547 e. The summed E-state index contributed by atoms with van der Waals surface area (Å²) in [6, 6.07) is 4.62. The van der Waals surface area contributed by atoms with Gasteiger partial charge in [-0.1, -0.05) is 17.3 Å². The number of nitrogens with one attached hydrogen (secondary N) is 2. The molecule has 12 nitrogen and oxygen atoms in total. The van der Waals surface area contributed by atoms with Gasteiger partial charge in [0.2, 0.25) is 11.8 Å². The first-order valence-electron chi connectivity index (χ1n) is 8.72. The molecule has 0 saturated heterocycles. The Morgan fingerprint density at radius 1 is 1.34 bits per heavy atom. The molecule has 1 atom stereocenters. The number of carboxylic acids is 1. The van der Waals surface area contributed by atoms with Crippen molar-refractivity contribution in [2.75, 3.05) is 6.54 Å². The monoisotopic (exact) mass is 402 g/mol. The molecular weight excluding hydrogens is 383 g/mol. The fourth-order valence-electron chi connectivity index (χ4n) is 2.87. The third kappa shape index (κ3) is 4.89. The lowest BCUT2D eigenvalue weighted by atomic mass is 9.72. The third-order valence-electron chi connectivity index (χ3n) is 4.24. The molecule has 0 unspecified atom stereocenters. The number of nitrogens with zero attached hydrogens (tertiary/aromatic N) is 3. The normalized spacial score (nSPS) is 15.2. The highest BCUT2D eigenvalue weighted by Gasteiger charge is 2.37. The summed E-state index contributed by atoms with van der Waals surface area (Å²) >= 11 is 0. The number of amides is 2. The van der Waals surface area contributed by atoms with Gasteiger partial charge < -0.3 is 31.2 Å². The molecule has 0 aliphatic carbocycles. The van der Waals surface area contributed by atoms with Gasteiger partial charge in [0.15, 0.2) is 0 Å². The Balaban J connectivity index is 1.59. The predicted molar refractivity (Wildman–Crippen MR) is 98.6 cm³/mol. The molecule has 0 saturated carbocycles. The lowest BCUT2D eigenvalue weighted by Gasteiger charge is -2.28. The first-order valence-corrected chi connectivity index (χ1v) is 8.72. The highest BCUT2D eigenvalue weighted by atomic mass is 16.5. The number of nitrogens with two attached hydrogens (primary N) is 1. The second-order valence-electron chi connectivity index (χ2n) is 6.37. The van der Waals surface area contributed by atoms with Crippen LogP contribution in [-0.4, -0.2) is 62.5 Å². The van der Waals surface area contributed by atoms with Crippen LogP contribution in [0.1, 0.15) is 21.6 Å². The highest BCUT2D eigenvalue weighted by Crippen LogP contribution is 2.30. The zero-order valence-electron chi connectivity index (χ0n) is 15.2. The summed E-state index contributed by atoms with van der Waals surface area (Å²) in [5.41, 5.74) is 6.16. The average molecular weight is 402 g/mol. The number of para-hydroxylation sites is 1. The molecule has 6 N–H and O–H groups in total. The van der Waals surface area contributed by atoms with Crippen LogP contribution in [0.25, 0.3) is 0 Å². The Morgan fingerprint density at radius 3 is 2.86 bits per heavy atom. The summed E-state index contributed by atoms with van der Waals surface area (Å²) in [7, 11) is -1.40. The Morgan fingerprint density at radius 2 is 2.14 bits per heavy atom. The molecule has 152 valence electrons. The van der Waals surface area contributed by atoms with Gasteiger partial charge in [0, 0.05) is 0 Å². The van der Waals surface area contributed by atoms with Gasteiger partial charge in [-0.25, -0.2) is 9.48 Å². The number of benzene rings is 1.